The maximum Gasteiger partial charge on any atom is 0.232 e. The number of nitrogens with one attached hydrogen (secondary N) is 1. The summed E-state index contributed by atoms with van der Waals surface area (Å²) in [5, 5.41) is 3.25. The van der Waals surface area contributed by atoms with Crippen LogP contribution in [0.25, 0.3) is 0 Å². The molecule has 0 radical (unpaired) electrons. The van der Waals surface area contributed by atoms with Crippen molar-refractivity contribution >= 4 is 19.7 Å². The molecule has 78 valence electrons. The molecule has 0 amide bonds. The van der Waals surface area contributed by atoms with Gasteiger partial charge in [0.05, 0.1) is 5.75 Å². The molecular formula is C8H16ClNO2S. The minimum Gasteiger partial charge on any atom is -0.317 e. The highest BCUT2D eigenvalue weighted by Gasteiger charge is 2.23. The first-order valence-corrected chi connectivity index (χ1v) is 7.10. The lowest BCUT2D eigenvalue weighted by atomic mass is 9.87. The summed E-state index contributed by atoms with van der Waals surface area (Å²) in [4.78, 5) is 0. The Labute approximate surface area is 84.3 Å². The van der Waals surface area contributed by atoms with E-state index >= 15 is 0 Å². The summed E-state index contributed by atoms with van der Waals surface area (Å²) in [5.74, 6) is 0.804. The molecule has 13 heavy (non-hydrogen) atoms. The largest absolute Gasteiger partial charge is 0.317 e. The van der Waals surface area contributed by atoms with Gasteiger partial charge in [0.25, 0.3) is 0 Å². The zero-order valence-corrected chi connectivity index (χ0v) is 9.37. The van der Waals surface area contributed by atoms with Crippen LogP contribution in [0.4, 0.5) is 0 Å². The van der Waals surface area contributed by atoms with Gasteiger partial charge in [-0.25, -0.2) is 8.42 Å². The van der Waals surface area contributed by atoms with E-state index < -0.39 is 9.05 Å². The summed E-state index contributed by atoms with van der Waals surface area (Å²) in [6.07, 6.45) is 2.13. The van der Waals surface area contributed by atoms with Gasteiger partial charge >= 0.3 is 0 Å². The number of hydrogen-bond acceptors (Lipinski definition) is 3. The molecule has 1 atom stereocenters. The summed E-state index contributed by atoms with van der Waals surface area (Å²) < 4.78 is 21.7. The lowest BCUT2D eigenvalue weighted by molar-refractivity contribution is 0.293. The molecule has 1 aliphatic rings. The van der Waals surface area contributed by atoms with Gasteiger partial charge in [0.1, 0.15) is 0 Å². The van der Waals surface area contributed by atoms with Crippen LogP contribution >= 0.6 is 10.7 Å². The van der Waals surface area contributed by atoms with Gasteiger partial charge in [-0.2, -0.15) is 0 Å². The number of piperidine rings is 1. The third kappa shape index (κ3) is 4.29. The van der Waals surface area contributed by atoms with Crippen molar-refractivity contribution in [1.29, 1.82) is 0 Å². The first-order chi connectivity index (χ1) is 5.99. The maximum absolute atomic E-state index is 10.8. The van der Waals surface area contributed by atoms with E-state index in [4.69, 9.17) is 10.7 Å². The number of rotatable bonds is 3. The second kappa shape index (κ2) is 4.62. The van der Waals surface area contributed by atoms with E-state index in [9.17, 15) is 8.42 Å². The van der Waals surface area contributed by atoms with Crippen LogP contribution in [0.5, 0.6) is 0 Å². The van der Waals surface area contributed by atoms with Crippen LogP contribution < -0.4 is 5.32 Å². The average molecular weight is 226 g/mol. The van der Waals surface area contributed by atoms with Crippen molar-refractivity contribution < 1.29 is 8.42 Å². The molecule has 1 unspecified atom stereocenters. The molecule has 0 aromatic rings. The van der Waals surface area contributed by atoms with E-state index in [1.807, 2.05) is 6.92 Å². The smallest absolute Gasteiger partial charge is 0.232 e. The predicted octanol–water partition coefficient (Wildman–Crippen LogP) is 1.19. The van der Waals surface area contributed by atoms with Crippen LogP contribution in [0.15, 0.2) is 0 Å². The van der Waals surface area contributed by atoms with Crippen molar-refractivity contribution in [2.45, 2.75) is 19.8 Å². The Hall–Kier alpha value is 0.200. The molecular weight excluding hydrogens is 210 g/mol. The number of halogens is 1. The lowest BCUT2D eigenvalue weighted by Gasteiger charge is -2.27. The zero-order valence-electron chi connectivity index (χ0n) is 7.79. The Morgan fingerprint density at radius 1 is 1.46 bits per heavy atom. The quantitative estimate of drug-likeness (QED) is 0.734. The highest BCUT2D eigenvalue weighted by molar-refractivity contribution is 8.13. The average Bonchev–Trinajstić information content (AvgIpc) is 2.03. The Kier molecular flexibility index (Phi) is 4.01. The van der Waals surface area contributed by atoms with Crippen molar-refractivity contribution in [3.63, 3.8) is 0 Å². The molecule has 0 aromatic heterocycles. The van der Waals surface area contributed by atoms with Crippen molar-refractivity contribution in [2.24, 2.45) is 11.8 Å². The van der Waals surface area contributed by atoms with Crippen LogP contribution in [-0.4, -0.2) is 27.3 Å². The Morgan fingerprint density at radius 2 is 2.00 bits per heavy atom. The van der Waals surface area contributed by atoms with E-state index in [1.54, 1.807) is 0 Å². The summed E-state index contributed by atoms with van der Waals surface area (Å²) in [7, 11) is 1.88. The fraction of sp³-hybridized carbons (Fsp3) is 1.00. The minimum absolute atomic E-state index is 0.110. The molecule has 1 heterocycles. The second-order valence-electron chi connectivity index (χ2n) is 3.77. The molecule has 5 heteroatoms. The van der Waals surface area contributed by atoms with E-state index in [2.05, 4.69) is 5.32 Å². The van der Waals surface area contributed by atoms with Gasteiger partial charge in [-0.3, -0.25) is 0 Å². The third-order valence-electron chi connectivity index (χ3n) is 2.65. The molecule has 1 N–H and O–H groups in total. The molecule has 1 rings (SSSR count). The van der Waals surface area contributed by atoms with E-state index in [0.29, 0.717) is 5.92 Å². The fourth-order valence-corrected chi connectivity index (χ4v) is 3.36. The monoisotopic (exact) mass is 225 g/mol. The minimum atomic E-state index is -3.32. The summed E-state index contributed by atoms with van der Waals surface area (Å²) >= 11 is 0. The Bertz CT molecular complexity index is 247. The van der Waals surface area contributed by atoms with Gasteiger partial charge in [0.2, 0.25) is 9.05 Å². The van der Waals surface area contributed by atoms with Gasteiger partial charge in [0, 0.05) is 10.7 Å². The van der Waals surface area contributed by atoms with Crippen molar-refractivity contribution in [3.8, 4) is 0 Å². The zero-order chi connectivity index (χ0) is 9.90. The third-order valence-corrected chi connectivity index (χ3v) is 3.95. The molecule has 1 fully saturated rings. The van der Waals surface area contributed by atoms with Gasteiger partial charge in [-0.1, -0.05) is 6.92 Å². The molecule has 0 aliphatic carbocycles. The van der Waals surface area contributed by atoms with Crippen molar-refractivity contribution in [3.05, 3.63) is 0 Å². The standard InChI is InChI=1S/C8H16ClNO2S/c1-7(6-13(9,11)12)8-2-4-10-5-3-8/h7-8,10H,2-6H2,1H3. The highest BCUT2D eigenvalue weighted by Crippen LogP contribution is 2.23. The van der Waals surface area contributed by atoms with E-state index in [-0.39, 0.29) is 11.7 Å². The van der Waals surface area contributed by atoms with Crippen LogP contribution in [0.2, 0.25) is 0 Å². The Morgan fingerprint density at radius 3 is 2.46 bits per heavy atom. The van der Waals surface area contributed by atoms with E-state index in [1.165, 1.54) is 0 Å². The van der Waals surface area contributed by atoms with Gasteiger partial charge in [-0.15, -0.1) is 0 Å². The SMILES string of the molecule is CC(CS(=O)(=O)Cl)C1CCNCC1. The van der Waals surface area contributed by atoms with Gasteiger partial charge in [-0.05, 0) is 37.8 Å². The van der Waals surface area contributed by atoms with Gasteiger partial charge < -0.3 is 5.32 Å². The normalized spacial score (nSPS) is 22.9. The van der Waals surface area contributed by atoms with E-state index in [0.717, 1.165) is 25.9 Å². The Balaban J connectivity index is 2.42. The van der Waals surface area contributed by atoms with Crippen LogP contribution in [-0.2, 0) is 9.05 Å². The topological polar surface area (TPSA) is 46.2 Å². The van der Waals surface area contributed by atoms with Gasteiger partial charge in [0.15, 0.2) is 0 Å². The maximum atomic E-state index is 10.8. The highest BCUT2D eigenvalue weighted by atomic mass is 35.7. The van der Waals surface area contributed by atoms with Crippen LogP contribution in [0.3, 0.4) is 0 Å². The van der Waals surface area contributed by atoms with Crippen LogP contribution in [0.1, 0.15) is 19.8 Å². The second-order valence-corrected chi connectivity index (χ2v) is 6.59. The summed E-state index contributed by atoms with van der Waals surface area (Å²) in [6, 6.07) is 0. The summed E-state index contributed by atoms with van der Waals surface area (Å²) in [6.45, 7) is 3.96. The summed E-state index contributed by atoms with van der Waals surface area (Å²) in [5.41, 5.74) is 0. The lowest BCUT2D eigenvalue weighted by Crippen LogP contribution is -2.32. The molecule has 1 saturated heterocycles. The number of hydrogen-bond donors (Lipinski definition) is 1. The molecule has 1 aliphatic heterocycles. The van der Waals surface area contributed by atoms with Crippen LogP contribution in [0, 0.1) is 11.8 Å². The van der Waals surface area contributed by atoms with Crippen molar-refractivity contribution in [2.75, 3.05) is 18.8 Å². The molecule has 0 spiro atoms. The first kappa shape index (κ1) is 11.3. The molecule has 0 aromatic carbocycles. The molecule has 0 saturated carbocycles. The molecule has 3 nitrogen and oxygen atoms in total. The molecule has 0 bridgehead atoms. The fourth-order valence-electron chi connectivity index (χ4n) is 1.86. The predicted molar refractivity (Wildman–Crippen MR) is 54.4 cm³/mol. The first-order valence-electron chi connectivity index (χ1n) is 4.62. The van der Waals surface area contributed by atoms with Crippen molar-refractivity contribution in [1.82, 2.24) is 5.32 Å².